The predicted octanol–water partition coefficient (Wildman–Crippen LogP) is 4.42. The van der Waals surface area contributed by atoms with Crippen molar-refractivity contribution in [3.8, 4) is 5.75 Å². The van der Waals surface area contributed by atoms with Gasteiger partial charge in [-0.25, -0.2) is 0 Å². The van der Waals surface area contributed by atoms with Crippen molar-refractivity contribution in [2.24, 2.45) is 23.7 Å². The van der Waals surface area contributed by atoms with E-state index in [1.165, 1.54) is 0 Å². The van der Waals surface area contributed by atoms with Crippen molar-refractivity contribution in [1.82, 2.24) is 0 Å². The number of carbonyl (C=O) groups excluding carboxylic acids is 1. The molecule has 1 aromatic rings. The van der Waals surface area contributed by atoms with E-state index in [9.17, 15) is 15.0 Å². The summed E-state index contributed by atoms with van der Waals surface area (Å²) in [6.45, 7) is 4.07. The molecule has 3 nitrogen and oxygen atoms in total. The standard InChI is InChI=1S/C21H26O3/c1-3-11-9-15(22)10-12(4-2)16(11)19-20(23)17-13-5-6-14(8-7-13)18(17)21(19)24/h9-10,13-14,17-18,22-23H,3-8H2,1-2H3. The van der Waals surface area contributed by atoms with E-state index in [0.717, 1.165) is 55.2 Å². The number of phenols is 1. The first kappa shape index (κ1) is 15.7. The number of hydrogen-bond donors (Lipinski definition) is 2. The van der Waals surface area contributed by atoms with E-state index >= 15 is 0 Å². The highest BCUT2D eigenvalue weighted by Crippen LogP contribution is 2.57. The van der Waals surface area contributed by atoms with Gasteiger partial charge in [0, 0.05) is 11.8 Å². The number of allylic oxidation sites excluding steroid dienone is 2. The monoisotopic (exact) mass is 326 g/mol. The van der Waals surface area contributed by atoms with Gasteiger partial charge in [-0.15, -0.1) is 0 Å². The molecule has 2 unspecified atom stereocenters. The van der Waals surface area contributed by atoms with E-state index in [1.807, 2.05) is 13.8 Å². The molecule has 2 bridgehead atoms. The first-order chi connectivity index (χ1) is 11.6. The van der Waals surface area contributed by atoms with Gasteiger partial charge in [0.1, 0.15) is 11.5 Å². The summed E-state index contributed by atoms with van der Waals surface area (Å²) in [6.07, 6.45) is 6.04. The van der Waals surface area contributed by atoms with Crippen LogP contribution in [0.25, 0.3) is 5.57 Å². The van der Waals surface area contributed by atoms with Crippen molar-refractivity contribution in [1.29, 1.82) is 0 Å². The van der Waals surface area contributed by atoms with Crippen molar-refractivity contribution >= 4 is 11.4 Å². The summed E-state index contributed by atoms with van der Waals surface area (Å²) in [7, 11) is 0. The minimum atomic E-state index is -0.00397. The number of aromatic hydroxyl groups is 1. The van der Waals surface area contributed by atoms with E-state index < -0.39 is 0 Å². The summed E-state index contributed by atoms with van der Waals surface area (Å²) in [6, 6.07) is 3.50. The minimum Gasteiger partial charge on any atom is -0.511 e. The second kappa shape index (κ2) is 5.65. The number of aliphatic hydroxyl groups excluding tert-OH is 1. The number of phenolic OH excluding ortho intramolecular Hbond substituents is 1. The molecule has 0 amide bonds. The molecule has 0 heterocycles. The van der Waals surface area contributed by atoms with Gasteiger partial charge in [-0.1, -0.05) is 13.8 Å². The van der Waals surface area contributed by atoms with Crippen molar-refractivity contribution in [3.05, 3.63) is 34.6 Å². The Labute approximate surface area is 143 Å². The SMILES string of the molecule is CCc1cc(O)cc(CC)c1C1=C(O)C2C3CCC(CC3)C2C1=O. The maximum Gasteiger partial charge on any atom is 0.170 e. The zero-order valence-electron chi connectivity index (χ0n) is 14.5. The van der Waals surface area contributed by atoms with E-state index in [2.05, 4.69) is 0 Å². The van der Waals surface area contributed by atoms with Gasteiger partial charge < -0.3 is 10.2 Å². The number of fused-ring (bicyclic) bond motifs is 2. The summed E-state index contributed by atoms with van der Waals surface area (Å²) in [5, 5.41) is 21.0. The number of benzene rings is 1. The molecule has 3 saturated carbocycles. The fourth-order valence-corrected chi connectivity index (χ4v) is 5.56. The zero-order valence-corrected chi connectivity index (χ0v) is 14.5. The average molecular weight is 326 g/mol. The summed E-state index contributed by atoms with van der Waals surface area (Å²) in [5.74, 6) is 1.69. The van der Waals surface area contributed by atoms with Crippen LogP contribution in [0.2, 0.25) is 0 Å². The third-order valence-electron chi connectivity index (χ3n) is 6.64. The molecule has 2 atom stereocenters. The number of ketones is 1. The Kier molecular flexibility index (Phi) is 3.70. The third kappa shape index (κ3) is 2.06. The van der Waals surface area contributed by atoms with Crippen LogP contribution < -0.4 is 0 Å². The molecule has 24 heavy (non-hydrogen) atoms. The Hall–Kier alpha value is -1.77. The quantitative estimate of drug-likeness (QED) is 0.864. The van der Waals surface area contributed by atoms with Gasteiger partial charge in [0.2, 0.25) is 0 Å². The topological polar surface area (TPSA) is 57.5 Å². The summed E-state index contributed by atoms with van der Waals surface area (Å²) >= 11 is 0. The summed E-state index contributed by atoms with van der Waals surface area (Å²) in [4.78, 5) is 13.3. The first-order valence-corrected chi connectivity index (χ1v) is 9.39. The lowest BCUT2D eigenvalue weighted by molar-refractivity contribution is -0.123. The van der Waals surface area contributed by atoms with Crippen LogP contribution in [0.5, 0.6) is 5.75 Å². The fraction of sp³-hybridized carbons (Fsp3) is 0.571. The molecule has 0 spiro atoms. The average Bonchev–Trinajstić information content (AvgIpc) is 2.88. The maximum atomic E-state index is 13.3. The Morgan fingerprint density at radius 1 is 0.917 bits per heavy atom. The number of carbonyl (C=O) groups is 1. The maximum absolute atomic E-state index is 13.3. The van der Waals surface area contributed by atoms with Crippen molar-refractivity contribution < 1.29 is 15.0 Å². The third-order valence-corrected chi connectivity index (χ3v) is 6.64. The summed E-state index contributed by atoms with van der Waals surface area (Å²) in [5.41, 5.74) is 3.40. The van der Waals surface area contributed by atoms with Crippen molar-refractivity contribution in [2.75, 3.05) is 0 Å². The van der Waals surface area contributed by atoms with Gasteiger partial charge in [-0.3, -0.25) is 4.79 Å². The number of Topliss-reactive ketones (excluding diaryl/α,β-unsaturated/α-hetero) is 1. The highest BCUT2D eigenvalue weighted by molar-refractivity contribution is 6.25. The van der Waals surface area contributed by atoms with Gasteiger partial charge >= 0.3 is 0 Å². The molecular weight excluding hydrogens is 300 g/mol. The number of rotatable bonds is 3. The van der Waals surface area contributed by atoms with Crippen LogP contribution in [-0.2, 0) is 17.6 Å². The Morgan fingerprint density at radius 2 is 1.42 bits per heavy atom. The number of hydrogen-bond acceptors (Lipinski definition) is 3. The van der Waals surface area contributed by atoms with Crippen LogP contribution in [0.3, 0.4) is 0 Å². The van der Waals surface area contributed by atoms with Crippen LogP contribution in [-0.4, -0.2) is 16.0 Å². The van der Waals surface area contributed by atoms with Crippen molar-refractivity contribution in [3.63, 3.8) is 0 Å². The summed E-state index contributed by atoms with van der Waals surface area (Å²) < 4.78 is 0. The van der Waals surface area contributed by atoms with Gasteiger partial charge in [-0.2, -0.15) is 0 Å². The van der Waals surface area contributed by atoms with Gasteiger partial charge in [0.25, 0.3) is 0 Å². The lowest BCUT2D eigenvalue weighted by atomic mass is 9.59. The smallest absolute Gasteiger partial charge is 0.170 e. The lowest BCUT2D eigenvalue weighted by Crippen LogP contribution is -2.41. The molecule has 128 valence electrons. The molecule has 0 saturated heterocycles. The van der Waals surface area contributed by atoms with E-state index in [1.54, 1.807) is 12.1 Å². The van der Waals surface area contributed by atoms with E-state index in [-0.39, 0.29) is 23.4 Å². The second-order valence-corrected chi connectivity index (χ2v) is 7.70. The first-order valence-electron chi connectivity index (χ1n) is 9.39. The molecule has 5 rings (SSSR count). The predicted molar refractivity (Wildman–Crippen MR) is 93.8 cm³/mol. The van der Waals surface area contributed by atoms with Crippen LogP contribution in [0.15, 0.2) is 17.9 Å². The van der Waals surface area contributed by atoms with Gasteiger partial charge in [0.05, 0.1) is 5.57 Å². The fourth-order valence-electron chi connectivity index (χ4n) is 5.56. The number of aliphatic hydroxyl groups is 1. The second-order valence-electron chi connectivity index (χ2n) is 7.70. The Balaban J connectivity index is 1.89. The van der Waals surface area contributed by atoms with Gasteiger partial charge in [-0.05, 0) is 79.2 Å². The highest BCUT2D eigenvalue weighted by atomic mass is 16.3. The lowest BCUT2D eigenvalue weighted by Gasteiger charge is -2.44. The molecule has 3 fully saturated rings. The molecule has 0 aromatic heterocycles. The minimum absolute atomic E-state index is 0.00397. The Bertz CT molecular complexity index is 698. The molecule has 0 radical (unpaired) electrons. The molecule has 2 N–H and O–H groups in total. The molecule has 0 aliphatic heterocycles. The van der Waals surface area contributed by atoms with Crippen molar-refractivity contribution in [2.45, 2.75) is 52.4 Å². The highest BCUT2D eigenvalue weighted by Gasteiger charge is 2.54. The van der Waals surface area contributed by atoms with Crippen LogP contribution >= 0.6 is 0 Å². The van der Waals surface area contributed by atoms with Crippen LogP contribution in [0.1, 0.15) is 56.2 Å². The molecule has 1 aromatic carbocycles. The molecule has 4 aliphatic rings. The normalized spacial score (nSPS) is 31.7. The van der Waals surface area contributed by atoms with Crippen LogP contribution in [0, 0.1) is 23.7 Å². The van der Waals surface area contributed by atoms with Crippen LogP contribution in [0.4, 0.5) is 0 Å². The largest absolute Gasteiger partial charge is 0.511 e. The van der Waals surface area contributed by atoms with Gasteiger partial charge in [0.15, 0.2) is 5.78 Å². The Morgan fingerprint density at radius 3 is 1.88 bits per heavy atom. The molecule has 3 heteroatoms. The van der Waals surface area contributed by atoms with E-state index in [0.29, 0.717) is 23.2 Å². The molecule has 4 aliphatic carbocycles. The zero-order chi connectivity index (χ0) is 17.0. The molecular formula is C21H26O3. The number of aryl methyl sites for hydroxylation is 2. The van der Waals surface area contributed by atoms with E-state index in [4.69, 9.17) is 0 Å².